The minimum absolute atomic E-state index is 0.176. The van der Waals surface area contributed by atoms with Gasteiger partial charge < -0.3 is 10.6 Å². The van der Waals surface area contributed by atoms with Crippen molar-refractivity contribution < 1.29 is 18.0 Å². The molecule has 0 radical (unpaired) electrons. The number of sulfonamides is 1. The van der Waals surface area contributed by atoms with E-state index in [0.29, 0.717) is 38.2 Å². The quantitative estimate of drug-likeness (QED) is 0.585. The highest BCUT2D eigenvalue weighted by Gasteiger charge is 2.25. The monoisotopic (exact) mass is 385 g/mol. The SMILES string of the molecule is CSc1cccc(NC(=O)C(=O)NCC2CCN(S(C)(=O)=O)CC2)c1. The molecule has 1 aromatic carbocycles. The fourth-order valence-corrected chi connectivity index (χ4v) is 3.98. The Morgan fingerprint density at radius 3 is 2.52 bits per heavy atom. The summed E-state index contributed by atoms with van der Waals surface area (Å²) in [5, 5.41) is 5.21. The predicted octanol–water partition coefficient (Wildman–Crippen LogP) is 1.13. The van der Waals surface area contributed by atoms with Crippen LogP contribution in [0, 0.1) is 5.92 Å². The van der Waals surface area contributed by atoms with Crippen LogP contribution in [0.5, 0.6) is 0 Å². The second kappa shape index (κ2) is 8.68. The number of hydrogen-bond acceptors (Lipinski definition) is 5. The van der Waals surface area contributed by atoms with Crippen molar-refractivity contribution in [2.45, 2.75) is 17.7 Å². The molecular formula is C16H23N3O4S2. The van der Waals surface area contributed by atoms with Gasteiger partial charge in [-0.15, -0.1) is 11.8 Å². The van der Waals surface area contributed by atoms with Crippen molar-refractivity contribution in [1.82, 2.24) is 9.62 Å². The Morgan fingerprint density at radius 1 is 1.24 bits per heavy atom. The number of hydrogen-bond donors (Lipinski definition) is 2. The van der Waals surface area contributed by atoms with Crippen LogP contribution in [0.15, 0.2) is 29.2 Å². The van der Waals surface area contributed by atoms with Crippen LogP contribution in [-0.4, -0.2) is 56.7 Å². The van der Waals surface area contributed by atoms with Crippen LogP contribution >= 0.6 is 11.8 Å². The van der Waals surface area contributed by atoms with Crippen molar-refractivity contribution >= 4 is 39.3 Å². The van der Waals surface area contributed by atoms with Gasteiger partial charge in [-0.1, -0.05) is 6.07 Å². The van der Waals surface area contributed by atoms with E-state index in [1.807, 2.05) is 18.4 Å². The first-order valence-electron chi connectivity index (χ1n) is 7.98. The highest BCUT2D eigenvalue weighted by molar-refractivity contribution is 7.98. The summed E-state index contributed by atoms with van der Waals surface area (Å²) in [7, 11) is -3.15. The smallest absolute Gasteiger partial charge is 0.313 e. The number of anilines is 1. The summed E-state index contributed by atoms with van der Waals surface area (Å²) in [4.78, 5) is 24.9. The van der Waals surface area contributed by atoms with Crippen molar-refractivity contribution in [2.75, 3.05) is 37.5 Å². The van der Waals surface area contributed by atoms with Gasteiger partial charge in [-0.2, -0.15) is 0 Å². The van der Waals surface area contributed by atoms with E-state index in [1.54, 1.807) is 23.9 Å². The molecule has 7 nitrogen and oxygen atoms in total. The molecule has 0 unspecified atom stereocenters. The fourth-order valence-electron chi connectivity index (χ4n) is 2.65. The van der Waals surface area contributed by atoms with Crippen molar-refractivity contribution in [3.8, 4) is 0 Å². The molecule has 138 valence electrons. The second-order valence-corrected chi connectivity index (χ2v) is 8.86. The van der Waals surface area contributed by atoms with E-state index in [-0.39, 0.29) is 5.92 Å². The van der Waals surface area contributed by atoms with Crippen LogP contribution < -0.4 is 10.6 Å². The van der Waals surface area contributed by atoms with Gasteiger partial charge in [0.05, 0.1) is 6.26 Å². The lowest BCUT2D eigenvalue weighted by atomic mass is 9.98. The minimum atomic E-state index is -3.15. The summed E-state index contributed by atoms with van der Waals surface area (Å²) in [6.07, 6.45) is 4.48. The Hall–Kier alpha value is -1.58. The zero-order chi connectivity index (χ0) is 18.4. The van der Waals surface area contributed by atoms with Gasteiger partial charge in [-0.25, -0.2) is 12.7 Å². The molecule has 2 amide bonds. The topological polar surface area (TPSA) is 95.6 Å². The Bertz CT molecular complexity index is 729. The standard InChI is InChI=1S/C16H23N3O4S2/c1-24-14-5-3-4-13(10-14)18-16(21)15(20)17-11-12-6-8-19(9-7-12)25(2,22)23/h3-5,10,12H,6-9,11H2,1-2H3,(H,17,20)(H,18,21). The third kappa shape index (κ3) is 6.02. The lowest BCUT2D eigenvalue weighted by Crippen LogP contribution is -2.43. The Balaban J connectivity index is 1.77. The van der Waals surface area contributed by atoms with Crippen LogP contribution in [0.4, 0.5) is 5.69 Å². The number of benzene rings is 1. The van der Waals surface area contributed by atoms with Crippen molar-refractivity contribution in [2.24, 2.45) is 5.92 Å². The Labute approximate surface area is 152 Å². The van der Waals surface area contributed by atoms with Crippen molar-refractivity contribution in [1.29, 1.82) is 0 Å². The summed E-state index contributed by atoms with van der Waals surface area (Å²) in [5.41, 5.74) is 0.577. The largest absolute Gasteiger partial charge is 0.348 e. The molecule has 0 atom stereocenters. The molecule has 1 aliphatic heterocycles. The summed E-state index contributed by atoms with van der Waals surface area (Å²) in [6.45, 7) is 1.27. The number of nitrogens with one attached hydrogen (secondary N) is 2. The molecule has 2 N–H and O–H groups in total. The number of carbonyl (C=O) groups excluding carboxylic acids is 2. The molecule has 1 heterocycles. The third-order valence-electron chi connectivity index (χ3n) is 4.13. The van der Waals surface area contributed by atoms with Crippen LogP contribution in [-0.2, 0) is 19.6 Å². The highest BCUT2D eigenvalue weighted by atomic mass is 32.2. The van der Waals surface area contributed by atoms with Gasteiger partial charge in [0.15, 0.2) is 0 Å². The summed E-state index contributed by atoms with van der Waals surface area (Å²) >= 11 is 1.55. The number of rotatable bonds is 5. The van der Waals surface area contributed by atoms with Crippen molar-refractivity contribution in [3.05, 3.63) is 24.3 Å². The Kier molecular flexibility index (Phi) is 6.86. The molecule has 25 heavy (non-hydrogen) atoms. The molecule has 2 rings (SSSR count). The first-order chi connectivity index (χ1) is 11.8. The lowest BCUT2D eigenvalue weighted by Gasteiger charge is -2.30. The molecule has 9 heteroatoms. The van der Waals surface area contributed by atoms with E-state index in [1.165, 1.54) is 10.6 Å². The van der Waals surface area contributed by atoms with E-state index in [9.17, 15) is 18.0 Å². The van der Waals surface area contributed by atoms with Crippen LogP contribution in [0.3, 0.4) is 0 Å². The highest BCUT2D eigenvalue weighted by Crippen LogP contribution is 2.19. The van der Waals surface area contributed by atoms with Gasteiger partial charge in [-0.3, -0.25) is 9.59 Å². The average molecular weight is 386 g/mol. The first kappa shape index (κ1) is 19.7. The normalized spacial score (nSPS) is 16.4. The van der Waals surface area contributed by atoms with Gasteiger partial charge in [0.2, 0.25) is 10.0 Å². The van der Waals surface area contributed by atoms with Crippen LogP contribution in [0.2, 0.25) is 0 Å². The van der Waals surface area contributed by atoms with Crippen LogP contribution in [0.25, 0.3) is 0 Å². The van der Waals surface area contributed by atoms with Gasteiger partial charge in [0, 0.05) is 30.2 Å². The molecule has 0 saturated carbocycles. The fraction of sp³-hybridized carbons (Fsp3) is 0.500. The zero-order valence-electron chi connectivity index (χ0n) is 14.3. The van der Waals surface area contributed by atoms with E-state index < -0.39 is 21.8 Å². The van der Waals surface area contributed by atoms with Crippen molar-refractivity contribution in [3.63, 3.8) is 0 Å². The third-order valence-corrected chi connectivity index (χ3v) is 6.16. The molecule has 0 spiro atoms. The number of amides is 2. The average Bonchev–Trinajstić information content (AvgIpc) is 2.59. The molecule has 1 aromatic rings. The van der Waals surface area contributed by atoms with Crippen LogP contribution in [0.1, 0.15) is 12.8 Å². The maximum absolute atomic E-state index is 12.0. The lowest BCUT2D eigenvalue weighted by molar-refractivity contribution is -0.136. The molecule has 1 aliphatic rings. The van der Waals surface area contributed by atoms with E-state index in [2.05, 4.69) is 10.6 Å². The zero-order valence-corrected chi connectivity index (χ0v) is 16.0. The van der Waals surface area contributed by atoms with Gasteiger partial charge in [0.1, 0.15) is 0 Å². The van der Waals surface area contributed by atoms with E-state index in [0.717, 1.165) is 4.90 Å². The molecular weight excluding hydrogens is 362 g/mol. The minimum Gasteiger partial charge on any atom is -0.348 e. The molecule has 0 bridgehead atoms. The summed E-state index contributed by atoms with van der Waals surface area (Å²) < 4.78 is 24.4. The van der Waals surface area contributed by atoms with E-state index in [4.69, 9.17) is 0 Å². The summed E-state index contributed by atoms with van der Waals surface area (Å²) in [6, 6.07) is 7.26. The Morgan fingerprint density at radius 2 is 1.92 bits per heavy atom. The van der Waals surface area contributed by atoms with Gasteiger partial charge in [-0.05, 0) is 43.2 Å². The summed E-state index contributed by atoms with van der Waals surface area (Å²) in [5.74, 6) is -1.21. The van der Waals surface area contributed by atoms with E-state index >= 15 is 0 Å². The maximum Gasteiger partial charge on any atom is 0.313 e. The second-order valence-electron chi connectivity index (χ2n) is 6.00. The molecule has 1 fully saturated rings. The number of carbonyl (C=O) groups is 2. The molecule has 0 aromatic heterocycles. The van der Waals surface area contributed by atoms with Gasteiger partial charge >= 0.3 is 11.8 Å². The maximum atomic E-state index is 12.0. The number of nitrogens with zero attached hydrogens (tertiary/aromatic N) is 1. The van der Waals surface area contributed by atoms with Gasteiger partial charge in [0.25, 0.3) is 0 Å². The predicted molar refractivity (Wildman–Crippen MR) is 99.0 cm³/mol. The first-order valence-corrected chi connectivity index (χ1v) is 11.0. The number of piperidine rings is 1. The number of thioether (sulfide) groups is 1. The molecule has 0 aliphatic carbocycles. The molecule has 1 saturated heterocycles.